The number of aromatic nitrogens is 2. The molecule has 0 saturated carbocycles. The molecule has 37 heavy (non-hydrogen) atoms. The third-order valence-corrected chi connectivity index (χ3v) is 5.57. The number of alkyl halides is 3. The molecule has 0 N–H and O–H groups in total. The fourth-order valence-corrected chi connectivity index (χ4v) is 3.94. The first-order valence-corrected chi connectivity index (χ1v) is 10.7. The Morgan fingerprint density at radius 2 is 1.89 bits per heavy atom. The summed E-state index contributed by atoms with van der Waals surface area (Å²) >= 11 is 0. The minimum atomic E-state index is -4.80. The number of ether oxygens (including phenoxy) is 2. The molecule has 2 heterocycles. The van der Waals surface area contributed by atoms with Crippen LogP contribution in [0.25, 0.3) is 0 Å². The minimum absolute atomic E-state index is 0. The van der Waals surface area contributed by atoms with Gasteiger partial charge in [0.1, 0.15) is 23.4 Å². The average Bonchev–Trinajstić information content (AvgIpc) is 3.24. The van der Waals surface area contributed by atoms with Gasteiger partial charge in [-0.1, -0.05) is 12.1 Å². The van der Waals surface area contributed by atoms with Crippen LogP contribution in [0.4, 0.5) is 18.9 Å². The van der Waals surface area contributed by atoms with Crippen LogP contribution in [0.3, 0.4) is 0 Å². The van der Waals surface area contributed by atoms with Gasteiger partial charge in [-0.3, -0.25) is 9.69 Å². The van der Waals surface area contributed by atoms with Gasteiger partial charge in [-0.15, -0.1) is 38.0 Å². The van der Waals surface area contributed by atoms with Crippen LogP contribution < -0.4 is 14.4 Å². The molecule has 1 amide bonds. The van der Waals surface area contributed by atoms with E-state index in [1.807, 2.05) is 21.7 Å². The molecule has 0 bridgehead atoms. The fourth-order valence-electron chi connectivity index (χ4n) is 3.94. The second-order valence-electron chi connectivity index (χ2n) is 7.92. The molecule has 198 valence electrons. The zero-order chi connectivity index (χ0) is 25.0. The lowest BCUT2D eigenvalue weighted by atomic mass is 10.1. The van der Waals surface area contributed by atoms with Crippen LogP contribution in [0, 0.1) is 11.3 Å². The van der Waals surface area contributed by atoms with Crippen LogP contribution in [-0.4, -0.2) is 53.5 Å². The number of rotatable bonds is 7. The smallest absolute Gasteiger partial charge is 0.495 e. The van der Waals surface area contributed by atoms with Gasteiger partial charge in [0.2, 0.25) is 5.91 Å². The molecule has 4 rings (SSSR count). The van der Waals surface area contributed by atoms with Crippen molar-refractivity contribution < 1.29 is 27.4 Å². The summed E-state index contributed by atoms with van der Waals surface area (Å²) in [5.74, 6) is 0.662. The van der Waals surface area contributed by atoms with E-state index in [-0.39, 0.29) is 43.0 Å². The number of nitrogens with zero attached hydrogens (tertiary/aromatic N) is 5. The average molecular weight is 558 g/mol. The van der Waals surface area contributed by atoms with E-state index in [1.54, 1.807) is 24.4 Å². The molecule has 3 aromatic rings. The van der Waals surface area contributed by atoms with Crippen molar-refractivity contribution in [2.24, 2.45) is 0 Å². The second kappa shape index (κ2) is 12.7. The number of imidazole rings is 1. The summed E-state index contributed by atoms with van der Waals surface area (Å²) in [4.78, 5) is 20.6. The SMILES string of the molecule is COc1cc(Cn2ccnc2CN2CCN(c3cccc(OC(F)(F)F)c3)C(=O)C2)ccc1C#N.Cl.Cl. The predicted molar refractivity (Wildman–Crippen MR) is 134 cm³/mol. The summed E-state index contributed by atoms with van der Waals surface area (Å²) in [6.45, 7) is 1.88. The third-order valence-electron chi connectivity index (χ3n) is 5.57. The Balaban J connectivity index is 0.00000241. The maximum absolute atomic E-state index is 12.8. The molecule has 13 heteroatoms. The van der Waals surface area contributed by atoms with Gasteiger partial charge in [0, 0.05) is 43.8 Å². The Bertz CT molecular complexity index is 1260. The Kier molecular flexibility index (Phi) is 10.2. The molecule has 2 aromatic carbocycles. The molecule has 1 saturated heterocycles. The number of hydrogen-bond donors (Lipinski definition) is 0. The zero-order valence-electron chi connectivity index (χ0n) is 19.6. The molecule has 1 aliphatic heterocycles. The molecule has 1 aliphatic rings. The standard InChI is InChI=1S/C24H22F3N5O3.2ClH/c1-34-21-11-17(5-6-18(21)13-28)14-31-8-7-29-22(31)15-30-9-10-32(23(33)16-30)19-3-2-4-20(12-19)35-24(25,26)27;;/h2-8,11-12H,9-10,14-16H2,1H3;2*1H. The summed E-state index contributed by atoms with van der Waals surface area (Å²) in [5, 5.41) is 9.16. The number of carbonyl (C=O) groups excluding carboxylic acids is 1. The predicted octanol–water partition coefficient (Wildman–Crippen LogP) is 4.40. The normalized spacial score (nSPS) is 13.8. The maximum Gasteiger partial charge on any atom is 0.573 e. The monoisotopic (exact) mass is 557 g/mol. The summed E-state index contributed by atoms with van der Waals surface area (Å²) in [7, 11) is 1.51. The van der Waals surface area contributed by atoms with Crippen molar-refractivity contribution in [1.29, 1.82) is 5.26 Å². The number of nitriles is 1. The van der Waals surface area contributed by atoms with Crippen molar-refractivity contribution in [3.63, 3.8) is 0 Å². The van der Waals surface area contributed by atoms with E-state index in [9.17, 15) is 18.0 Å². The number of halogens is 5. The molecule has 0 aliphatic carbocycles. The first-order valence-electron chi connectivity index (χ1n) is 10.7. The molecular formula is C24H24Cl2F3N5O3. The first kappa shape index (κ1) is 29.8. The lowest BCUT2D eigenvalue weighted by Gasteiger charge is -2.34. The summed E-state index contributed by atoms with van der Waals surface area (Å²) < 4.78 is 48.8. The highest BCUT2D eigenvalue weighted by atomic mass is 35.5. The van der Waals surface area contributed by atoms with Crippen LogP contribution >= 0.6 is 24.8 Å². The summed E-state index contributed by atoms with van der Waals surface area (Å²) in [6, 6.07) is 12.9. The van der Waals surface area contributed by atoms with Crippen LogP contribution in [0.5, 0.6) is 11.5 Å². The van der Waals surface area contributed by atoms with Crippen LogP contribution in [0.2, 0.25) is 0 Å². The number of hydrogen-bond acceptors (Lipinski definition) is 6. The summed E-state index contributed by atoms with van der Waals surface area (Å²) in [6.07, 6.45) is -1.28. The zero-order valence-corrected chi connectivity index (χ0v) is 21.3. The van der Waals surface area contributed by atoms with E-state index >= 15 is 0 Å². The van der Waals surface area contributed by atoms with E-state index < -0.39 is 6.36 Å². The molecule has 8 nitrogen and oxygen atoms in total. The van der Waals surface area contributed by atoms with Crippen molar-refractivity contribution in [2.75, 3.05) is 31.6 Å². The third kappa shape index (κ3) is 7.52. The topological polar surface area (TPSA) is 83.6 Å². The Labute approximate surface area is 224 Å². The molecule has 0 radical (unpaired) electrons. The van der Waals surface area contributed by atoms with Crippen LogP contribution in [0.15, 0.2) is 54.9 Å². The van der Waals surface area contributed by atoms with E-state index in [0.29, 0.717) is 43.2 Å². The Morgan fingerprint density at radius 1 is 1.11 bits per heavy atom. The number of anilines is 1. The lowest BCUT2D eigenvalue weighted by molar-refractivity contribution is -0.274. The number of carbonyl (C=O) groups is 1. The van der Waals surface area contributed by atoms with Gasteiger partial charge in [0.05, 0.1) is 25.8 Å². The van der Waals surface area contributed by atoms with Crippen molar-refractivity contribution in [1.82, 2.24) is 14.5 Å². The maximum atomic E-state index is 12.8. The van der Waals surface area contributed by atoms with Gasteiger partial charge in [-0.05, 0) is 29.8 Å². The van der Waals surface area contributed by atoms with E-state index in [0.717, 1.165) is 11.4 Å². The lowest BCUT2D eigenvalue weighted by Crippen LogP contribution is -2.50. The molecule has 0 atom stereocenters. The Hall–Kier alpha value is -3.46. The number of methoxy groups -OCH3 is 1. The van der Waals surface area contributed by atoms with Gasteiger partial charge in [0.25, 0.3) is 0 Å². The number of amides is 1. The highest BCUT2D eigenvalue weighted by Crippen LogP contribution is 2.28. The van der Waals surface area contributed by atoms with E-state index in [4.69, 9.17) is 10.00 Å². The van der Waals surface area contributed by atoms with Gasteiger partial charge in [0.15, 0.2) is 0 Å². The van der Waals surface area contributed by atoms with E-state index in [2.05, 4.69) is 15.8 Å². The molecule has 1 fully saturated rings. The molecule has 1 aromatic heterocycles. The fraction of sp³-hybridized carbons (Fsp3) is 0.292. The van der Waals surface area contributed by atoms with Crippen molar-refractivity contribution in [3.05, 3.63) is 71.8 Å². The molecular weight excluding hydrogens is 534 g/mol. The van der Waals surface area contributed by atoms with Gasteiger partial charge in [-0.2, -0.15) is 5.26 Å². The highest BCUT2D eigenvalue weighted by molar-refractivity contribution is 5.95. The number of piperazine rings is 1. The second-order valence-corrected chi connectivity index (χ2v) is 7.92. The van der Waals surface area contributed by atoms with Crippen molar-refractivity contribution >= 4 is 36.4 Å². The van der Waals surface area contributed by atoms with Crippen LogP contribution in [0.1, 0.15) is 17.0 Å². The Morgan fingerprint density at radius 3 is 2.57 bits per heavy atom. The van der Waals surface area contributed by atoms with Crippen LogP contribution in [-0.2, 0) is 17.9 Å². The first-order chi connectivity index (χ1) is 16.8. The van der Waals surface area contributed by atoms with Gasteiger partial charge >= 0.3 is 6.36 Å². The van der Waals surface area contributed by atoms with Crippen molar-refractivity contribution in [2.45, 2.75) is 19.5 Å². The summed E-state index contributed by atoms with van der Waals surface area (Å²) in [5.41, 5.74) is 1.74. The molecule has 0 unspecified atom stereocenters. The minimum Gasteiger partial charge on any atom is -0.495 e. The highest BCUT2D eigenvalue weighted by Gasteiger charge is 2.32. The number of benzene rings is 2. The largest absolute Gasteiger partial charge is 0.573 e. The quantitative estimate of drug-likeness (QED) is 0.428. The molecule has 0 spiro atoms. The van der Waals surface area contributed by atoms with E-state index in [1.165, 1.54) is 30.2 Å². The van der Waals surface area contributed by atoms with Crippen molar-refractivity contribution in [3.8, 4) is 17.6 Å². The van der Waals surface area contributed by atoms with Gasteiger partial charge < -0.3 is 18.9 Å². The van der Waals surface area contributed by atoms with Gasteiger partial charge in [-0.25, -0.2) is 4.98 Å².